The minimum Gasteiger partial charge on any atom is -0.388 e. The lowest BCUT2D eigenvalue weighted by atomic mass is 10.0. The molecular weight excluding hydrogens is 228 g/mol. The van der Waals surface area contributed by atoms with Crippen LogP contribution in [-0.2, 0) is 0 Å². The molecule has 72 valence electrons. The third-order valence-electron chi connectivity index (χ3n) is 2.06. The maximum absolute atomic E-state index is 9.76. The first-order valence-electron chi connectivity index (χ1n) is 4.67. The third kappa shape index (κ3) is 3.49. The van der Waals surface area contributed by atoms with Crippen LogP contribution < -0.4 is 0 Å². The van der Waals surface area contributed by atoms with Crippen LogP contribution in [0.1, 0.15) is 37.9 Å². The molecule has 0 fully saturated rings. The average molecular weight is 243 g/mol. The molecule has 1 unspecified atom stereocenters. The van der Waals surface area contributed by atoms with E-state index in [0.717, 1.165) is 29.3 Å². The van der Waals surface area contributed by atoms with E-state index in [9.17, 15) is 5.11 Å². The highest BCUT2D eigenvalue weighted by atomic mass is 79.9. The summed E-state index contributed by atoms with van der Waals surface area (Å²) >= 11 is 3.39. The molecule has 2 heteroatoms. The Balaban J connectivity index is 2.60. The monoisotopic (exact) mass is 242 g/mol. The molecule has 0 aliphatic heterocycles. The Morgan fingerprint density at radius 2 is 2.23 bits per heavy atom. The Kier molecular flexibility index (Phi) is 4.46. The maximum atomic E-state index is 9.76. The fourth-order valence-corrected chi connectivity index (χ4v) is 1.69. The highest BCUT2D eigenvalue weighted by Crippen LogP contribution is 2.21. The first-order valence-corrected chi connectivity index (χ1v) is 5.47. The molecule has 0 heterocycles. The van der Waals surface area contributed by atoms with E-state index in [4.69, 9.17) is 0 Å². The average Bonchev–Trinajstić information content (AvgIpc) is 2.14. The van der Waals surface area contributed by atoms with Gasteiger partial charge in [-0.05, 0) is 24.1 Å². The van der Waals surface area contributed by atoms with Gasteiger partial charge in [-0.3, -0.25) is 0 Å². The van der Waals surface area contributed by atoms with Crippen molar-refractivity contribution < 1.29 is 5.11 Å². The van der Waals surface area contributed by atoms with E-state index in [1.807, 2.05) is 24.3 Å². The number of aliphatic hydroxyl groups is 1. The minimum absolute atomic E-state index is 0.308. The van der Waals surface area contributed by atoms with Gasteiger partial charge in [0.05, 0.1) is 6.10 Å². The Hall–Kier alpha value is -0.340. The lowest BCUT2D eigenvalue weighted by molar-refractivity contribution is 0.164. The van der Waals surface area contributed by atoms with Crippen LogP contribution >= 0.6 is 15.9 Å². The van der Waals surface area contributed by atoms with E-state index in [1.165, 1.54) is 0 Å². The summed E-state index contributed by atoms with van der Waals surface area (Å²) in [6.07, 6.45) is 2.75. The molecule has 0 amide bonds. The van der Waals surface area contributed by atoms with E-state index in [0.29, 0.717) is 0 Å². The predicted molar refractivity (Wildman–Crippen MR) is 58.6 cm³/mol. The molecule has 1 atom stereocenters. The molecule has 0 spiro atoms. The summed E-state index contributed by atoms with van der Waals surface area (Å²) in [6.45, 7) is 2.13. The van der Waals surface area contributed by atoms with Crippen LogP contribution in [0.15, 0.2) is 28.7 Å². The van der Waals surface area contributed by atoms with Crippen LogP contribution in [0.5, 0.6) is 0 Å². The zero-order valence-corrected chi connectivity index (χ0v) is 9.42. The summed E-state index contributed by atoms with van der Waals surface area (Å²) in [5.74, 6) is 0. The molecule has 0 bridgehead atoms. The SMILES string of the molecule is CCCCC(O)c1cccc(Br)c1. The molecular formula is C11H15BrO. The quantitative estimate of drug-likeness (QED) is 0.855. The van der Waals surface area contributed by atoms with Gasteiger partial charge in [-0.15, -0.1) is 0 Å². The summed E-state index contributed by atoms with van der Waals surface area (Å²) in [7, 11) is 0. The van der Waals surface area contributed by atoms with Gasteiger partial charge in [0.1, 0.15) is 0 Å². The highest BCUT2D eigenvalue weighted by Gasteiger charge is 2.05. The van der Waals surface area contributed by atoms with Gasteiger partial charge in [0.2, 0.25) is 0 Å². The second-order valence-electron chi connectivity index (χ2n) is 3.21. The number of rotatable bonds is 4. The van der Waals surface area contributed by atoms with Crippen molar-refractivity contribution in [2.75, 3.05) is 0 Å². The lowest BCUT2D eigenvalue weighted by Gasteiger charge is -2.10. The molecule has 1 aromatic rings. The number of unbranched alkanes of at least 4 members (excludes halogenated alkanes) is 1. The summed E-state index contributed by atoms with van der Waals surface area (Å²) in [5.41, 5.74) is 1.00. The fraction of sp³-hybridized carbons (Fsp3) is 0.455. The van der Waals surface area contributed by atoms with Gasteiger partial charge in [0, 0.05) is 4.47 Å². The highest BCUT2D eigenvalue weighted by molar-refractivity contribution is 9.10. The van der Waals surface area contributed by atoms with E-state index in [2.05, 4.69) is 22.9 Å². The van der Waals surface area contributed by atoms with Crippen molar-refractivity contribution in [1.82, 2.24) is 0 Å². The summed E-state index contributed by atoms with van der Waals surface area (Å²) in [6, 6.07) is 7.86. The second kappa shape index (κ2) is 5.40. The van der Waals surface area contributed by atoms with Crippen molar-refractivity contribution in [1.29, 1.82) is 0 Å². The Morgan fingerprint density at radius 3 is 2.85 bits per heavy atom. The van der Waals surface area contributed by atoms with Gasteiger partial charge in [0.15, 0.2) is 0 Å². The van der Waals surface area contributed by atoms with Crippen LogP contribution in [0.2, 0.25) is 0 Å². The van der Waals surface area contributed by atoms with Crippen LogP contribution in [0.4, 0.5) is 0 Å². The summed E-state index contributed by atoms with van der Waals surface area (Å²) < 4.78 is 1.03. The van der Waals surface area contributed by atoms with Crippen LogP contribution in [0.25, 0.3) is 0 Å². The minimum atomic E-state index is -0.308. The van der Waals surface area contributed by atoms with Gasteiger partial charge < -0.3 is 5.11 Å². The zero-order chi connectivity index (χ0) is 9.68. The first kappa shape index (κ1) is 10.7. The van der Waals surface area contributed by atoms with Gasteiger partial charge in [-0.2, -0.15) is 0 Å². The molecule has 0 aromatic heterocycles. The van der Waals surface area contributed by atoms with Gasteiger partial charge in [-0.25, -0.2) is 0 Å². The largest absolute Gasteiger partial charge is 0.388 e. The summed E-state index contributed by atoms with van der Waals surface area (Å²) in [5, 5.41) is 9.76. The first-order chi connectivity index (χ1) is 6.24. The topological polar surface area (TPSA) is 20.2 Å². The number of hydrogen-bond donors (Lipinski definition) is 1. The third-order valence-corrected chi connectivity index (χ3v) is 2.56. The number of benzene rings is 1. The van der Waals surface area contributed by atoms with Crippen LogP contribution in [0.3, 0.4) is 0 Å². The molecule has 1 aromatic carbocycles. The van der Waals surface area contributed by atoms with Crippen LogP contribution in [-0.4, -0.2) is 5.11 Å². The van der Waals surface area contributed by atoms with E-state index >= 15 is 0 Å². The molecule has 1 N–H and O–H groups in total. The van der Waals surface area contributed by atoms with Gasteiger partial charge in [0.25, 0.3) is 0 Å². The Morgan fingerprint density at radius 1 is 1.46 bits per heavy atom. The zero-order valence-electron chi connectivity index (χ0n) is 7.83. The molecule has 13 heavy (non-hydrogen) atoms. The normalized spacial score (nSPS) is 12.8. The van der Waals surface area contributed by atoms with Crippen molar-refractivity contribution in [3.05, 3.63) is 34.3 Å². The molecule has 0 aliphatic rings. The molecule has 1 rings (SSSR count). The van der Waals surface area contributed by atoms with E-state index in [1.54, 1.807) is 0 Å². The van der Waals surface area contributed by atoms with Crippen molar-refractivity contribution in [2.45, 2.75) is 32.3 Å². The summed E-state index contributed by atoms with van der Waals surface area (Å²) in [4.78, 5) is 0. The molecule has 0 saturated carbocycles. The van der Waals surface area contributed by atoms with Crippen LogP contribution in [0, 0.1) is 0 Å². The molecule has 1 nitrogen and oxygen atoms in total. The molecule has 0 aliphatic carbocycles. The number of halogens is 1. The Bertz CT molecular complexity index is 260. The molecule has 0 saturated heterocycles. The maximum Gasteiger partial charge on any atom is 0.0790 e. The van der Waals surface area contributed by atoms with Crippen molar-refractivity contribution in [3.63, 3.8) is 0 Å². The van der Waals surface area contributed by atoms with Gasteiger partial charge >= 0.3 is 0 Å². The number of hydrogen-bond acceptors (Lipinski definition) is 1. The standard InChI is InChI=1S/C11H15BrO/c1-2-3-7-11(13)9-5-4-6-10(12)8-9/h4-6,8,11,13H,2-3,7H2,1H3. The van der Waals surface area contributed by atoms with E-state index < -0.39 is 0 Å². The van der Waals surface area contributed by atoms with E-state index in [-0.39, 0.29) is 6.10 Å². The van der Waals surface area contributed by atoms with Crippen molar-refractivity contribution in [2.24, 2.45) is 0 Å². The smallest absolute Gasteiger partial charge is 0.0790 e. The second-order valence-corrected chi connectivity index (χ2v) is 4.13. The Labute approximate surface area is 87.9 Å². The van der Waals surface area contributed by atoms with Crippen molar-refractivity contribution in [3.8, 4) is 0 Å². The van der Waals surface area contributed by atoms with Gasteiger partial charge in [-0.1, -0.05) is 47.8 Å². The predicted octanol–water partition coefficient (Wildman–Crippen LogP) is 3.67. The number of aliphatic hydroxyl groups excluding tert-OH is 1. The fourth-order valence-electron chi connectivity index (χ4n) is 1.28. The lowest BCUT2D eigenvalue weighted by Crippen LogP contribution is -1.96. The van der Waals surface area contributed by atoms with Crippen molar-refractivity contribution >= 4 is 15.9 Å². The molecule has 0 radical (unpaired) electrons.